The molecule has 0 bridgehead atoms. The van der Waals surface area contributed by atoms with E-state index >= 15 is 0 Å². The quantitative estimate of drug-likeness (QED) is 0.859. The Labute approximate surface area is 137 Å². The molecule has 2 fully saturated rings. The van der Waals surface area contributed by atoms with Crippen molar-refractivity contribution >= 4 is 15.7 Å². The summed E-state index contributed by atoms with van der Waals surface area (Å²) in [6.07, 6.45) is 3.70. The van der Waals surface area contributed by atoms with Crippen LogP contribution in [0, 0.1) is 5.41 Å². The standard InChI is InChI=1S/C17H24N2O3S/c1-2-11-23(21,22)14-6-4-3-5-13(14)16(20)19-15-12-17(15)7-9-18-10-8-17/h3-6,15,18H,2,7-12H2,1H3,(H,19,20). The van der Waals surface area contributed by atoms with Gasteiger partial charge < -0.3 is 10.6 Å². The van der Waals surface area contributed by atoms with Gasteiger partial charge in [0.25, 0.3) is 5.91 Å². The van der Waals surface area contributed by atoms with E-state index in [1.54, 1.807) is 18.2 Å². The maximum Gasteiger partial charge on any atom is 0.252 e. The Kier molecular flexibility index (Phi) is 4.47. The minimum atomic E-state index is -3.41. The second-order valence-electron chi connectivity index (χ2n) is 6.66. The Morgan fingerprint density at radius 2 is 2.00 bits per heavy atom. The summed E-state index contributed by atoms with van der Waals surface area (Å²) in [6.45, 7) is 3.81. The van der Waals surface area contributed by atoms with Gasteiger partial charge in [0.2, 0.25) is 0 Å². The summed E-state index contributed by atoms with van der Waals surface area (Å²) in [4.78, 5) is 12.8. The number of nitrogens with one attached hydrogen (secondary N) is 2. The zero-order chi connectivity index (χ0) is 16.5. The van der Waals surface area contributed by atoms with Gasteiger partial charge in [-0.15, -0.1) is 0 Å². The van der Waals surface area contributed by atoms with E-state index in [0.29, 0.717) is 6.42 Å². The van der Waals surface area contributed by atoms with Crippen LogP contribution in [0.25, 0.3) is 0 Å². The van der Waals surface area contributed by atoms with Crippen LogP contribution in [0.4, 0.5) is 0 Å². The van der Waals surface area contributed by atoms with E-state index in [2.05, 4.69) is 10.6 Å². The molecule has 0 radical (unpaired) electrons. The number of hydrogen-bond donors (Lipinski definition) is 2. The number of hydrogen-bond acceptors (Lipinski definition) is 4. The summed E-state index contributed by atoms with van der Waals surface area (Å²) in [6, 6.07) is 6.71. The van der Waals surface area contributed by atoms with Crippen LogP contribution in [0.5, 0.6) is 0 Å². The molecular formula is C17H24N2O3S. The molecule has 1 heterocycles. The molecule has 6 heteroatoms. The molecule has 126 valence electrons. The lowest BCUT2D eigenvalue weighted by atomic mass is 9.94. The van der Waals surface area contributed by atoms with Crippen molar-refractivity contribution in [1.29, 1.82) is 0 Å². The number of carbonyl (C=O) groups is 1. The summed E-state index contributed by atoms with van der Waals surface area (Å²) in [5.74, 6) is -0.197. The van der Waals surface area contributed by atoms with Crippen molar-refractivity contribution in [2.24, 2.45) is 5.41 Å². The van der Waals surface area contributed by atoms with Gasteiger partial charge in [-0.25, -0.2) is 8.42 Å². The van der Waals surface area contributed by atoms with Crippen molar-refractivity contribution in [2.75, 3.05) is 18.8 Å². The van der Waals surface area contributed by atoms with E-state index in [4.69, 9.17) is 0 Å². The fourth-order valence-electron chi connectivity index (χ4n) is 3.57. The van der Waals surface area contributed by atoms with E-state index in [-0.39, 0.29) is 33.6 Å². The predicted molar refractivity (Wildman–Crippen MR) is 89.2 cm³/mol. The molecule has 1 aromatic carbocycles. The van der Waals surface area contributed by atoms with Crippen LogP contribution >= 0.6 is 0 Å². The van der Waals surface area contributed by atoms with Crippen molar-refractivity contribution in [3.63, 3.8) is 0 Å². The van der Waals surface area contributed by atoms with Crippen LogP contribution in [0.2, 0.25) is 0 Å². The Morgan fingerprint density at radius 3 is 2.70 bits per heavy atom. The first-order chi connectivity index (χ1) is 11.0. The van der Waals surface area contributed by atoms with E-state index in [0.717, 1.165) is 32.4 Å². The number of rotatable bonds is 5. The first-order valence-corrected chi connectivity index (χ1v) is 9.97. The molecule has 1 atom stereocenters. The Morgan fingerprint density at radius 1 is 1.30 bits per heavy atom. The highest BCUT2D eigenvalue weighted by Gasteiger charge is 2.54. The summed E-state index contributed by atoms with van der Waals surface area (Å²) in [5, 5.41) is 6.39. The maximum atomic E-state index is 12.6. The fraction of sp³-hybridized carbons (Fsp3) is 0.588. The van der Waals surface area contributed by atoms with Crippen molar-refractivity contribution < 1.29 is 13.2 Å². The molecule has 0 aromatic heterocycles. The third-order valence-electron chi connectivity index (χ3n) is 5.03. The largest absolute Gasteiger partial charge is 0.349 e. The summed E-state index contributed by atoms with van der Waals surface area (Å²) in [5.41, 5.74) is 0.509. The van der Waals surface area contributed by atoms with Gasteiger partial charge in [0.05, 0.1) is 16.2 Å². The first-order valence-electron chi connectivity index (χ1n) is 8.32. The first kappa shape index (κ1) is 16.5. The Hall–Kier alpha value is -1.40. The maximum absolute atomic E-state index is 12.6. The van der Waals surface area contributed by atoms with E-state index < -0.39 is 9.84 Å². The molecule has 1 saturated heterocycles. The lowest BCUT2D eigenvalue weighted by molar-refractivity contribution is 0.0939. The molecule has 1 saturated carbocycles. The van der Waals surface area contributed by atoms with Gasteiger partial charge in [-0.2, -0.15) is 0 Å². The Bertz CT molecular complexity index is 694. The Balaban J connectivity index is 1.76. The molecule has 1 spiro atoms. The van der Waals surface area contributed by atoms with Crippen LogP contribution in [-0.2, 0) is 9.84 Å². The fourth-order valence-corrected chi connectivity index (χ4v) is 5.11. The number of sulfone groups is 1. The summed E-state index contributed by atoms with van der Waals surface area (Å²) >= 11 is 0. The zero-order valence-electron chi connectivity index (χ0n) is 13.5. The lowest BCUT2D eigenvalue weighted by Crippen LogP contribution is -2.36. The van der Waals surface area contributed by atoms with Gasteiger partial charge in [0.15, 0.2) is 9.84 Å². The van der Waals surface area contributed by atoms with Crippen LogP contribution < -0.4 is 10.6 Å². The van der Waals surface area contributed by atoms with Crippen LogP contribution in [0.3, 0.4) is 0 Å². The number of piperidine rings is 1. The lowest BCUT2D eigenvalue weighted by Gasteiger charge is -2.23. The number of amides is 1. The summed E-state index contributed by atoms with van der Waals surface area (Å²) in [7, 11) is -3.41. The van der Waals surface area contributed by atoms with Crippen molar-refractivity contribution in [3.8, 4) is 0 Å². The molecule has 5 nitrogen and oxygen atoms in total. The van der Waals surface area contributed by atoms with Crippen molar-refractivity contribution in [1.82, 2.24) is 10.6 Å². The van der Waals surface area contributed by atoms with Gasteiger partial charge in [-0.1, -0.05) is 19.1 Å². The van der Waals surface area contributed by atoms with Gasteiger partial charge in [0.1, 0.15) is 0 Å². The summed E-state index contributed by atoms with van der Waals surface area (Å²) < 4.78 is 24.7. The molecule has 1 amide bonds. The highest BCUT2D eigenvalue weighted by atomic mass is 32.2. The van der Waals surface area contributed by atoms with Gasteiger partial charge >= 0.3 is 0 Å². The average molecular weight is 336 g/mol. The van der Waals surface area contributed by atoms with Crippen LogP contribution in [0.15, 0.2) is 29.2 Å². The van der Waals surface area contributed by atoms with Crippen LogP contribution in [0.1, 0.15) is 43.0 Å². The monoisotopic (exact) mass is 336 g/mol. The predicted octanol–water partition coefficient (Wildman–Crippen LogP) is 1.74. The van der Waals surface area contributed by atoms with E-state index in [9.17, 15) is 13.2 Å². The smallest absolute Gasteiger partial charge is 0.252 e. The minimum Gasteiger partial charge on any atom is -0.349 e. The molecule has 1 aliphatic heterocycles. The van der Waals surface area contributed by atoms with E-state index in [1.807, 2.05) is 6.92 Å². The van der Waals surface area contributed by atoms with Gasteiger partial charge in [0, 0.05) is 6.04 Å². The highest BCUT2D eigenvalue weighted by Crippen LogP contribution is 2.52. The zero-order valence-corrected chi connectivity index (χ0v) is 14.3. The molecular weight excluding hydrogens is 312 g/mol. The van der Waals surface area contributed by atoms with Gasteiger partial charge in [-0.3, -0.25) is 4.79 Å². The number of carbonyl (C=O) groups excluding carboxylic acids is 1. The average Bonchev–Trinajstić information content (AvgIpc) is 3.18. The molecule has 1 aliphatic carbocycles. The number of benzene rings is 1. The third kappa shape index (κ3) is 3.28. The molecule has 23 heavy (non-hydrogen) atoms. The third-order valence-corrected chi connectivity index (χ3v) is 7.01. The van der Waals surface area contributed by atoms with Crippen molar-refractivity contribution in [3.05, 3.63) is 29.8 Å². The molecule has 1 unspecified atom stereocenters. The topological polar surface area (TPSA) is 75.3 Å². The molecule has 1 aromatic rings. The SMILES string of the molecule is CCCS(=O)(=O)c1ccccc1C(=O)NC1CC12CCNCC2. The molecule has 2 aliphatic rings. The van der Waals surface area contributed by atoms with Gasteiger partial charge in [-0.05, 0) is 56.3 Å². The second kappa shape index (κ2) is 6.24. The van der Waals surface area contributed by atoms with E-state index in [1.165, 1.54) is 6.07 Å². The minimum absolute atomic E-state index is 0.0658. The van der Waals surface area contributed by atoms with Crippen LogP contribution in [-0.4, -0.2) is 39.2 Å². The highest BCUT2D eigenvalue weighted by molar-refractivity contribution is 7.91. The van der Waals surface area contributed by atoms with Crippen molar-refractivity contribution in [2.45, 2.75) is 43.5 Å². The molecule has 3 rings (SSSR count). The molecule has 2 N–H and O–H groups in total. The second-order valence-corrected chi connectivity index (χ2v) is 8.74. The normalized spacial score (nSPS) is 22.7.